The number of benzene rings is 1. The average molecular weight is 331 g/mol. The van der Waals surface area contributed by atoms with Gasteiger partial charge in [-0.25, -0.2) is 9.18 Å². The third-order valence-electron chi connectivity index (χ3n) is 4.07. The van der Waals surface area contributed by atoms with Crippen LogP contribution in [0.2, 0.25) is 0 Å². The summed E-state index contributed by atoms with van der Waals surface area (Å²) in [5.74, 6) is -0.600. The number of carbonyl (C=O) groups excluding carboxylic acids is 1. The normalized spacial score (nSPS) is 23.5. The van der Waals surface area contributed by atoms with Gasteiger partial charge in [0.25, 0.3) is 0 Å². The van der Waals surface area contributed by atoms with Gasteiger partial charge in [-0.3, -0.25) is 4.90 Å². The molecule has 1 fully saturated rings. The molecule has 6 heteroatoms. The molecule has 22 heavy (non-hydrogen) atoms. The number of methoxy groups -OCH3 is 1. The van der Waals surface area contributed by atoms with Crippen LogP contribution >= 0.6 is 12.4 Å². The standard InChI is InChI=1S/C16H23FN2O2.ClH/c1-4-14-9-18-11(2)10-19(14)15(16(20)21-3)12-5-7-13(17)8-6-12;/h5-8,11,14-15,18H,4,9-10H2,1-3H3;1H/t11-,14+,15?;/m0./s1. The first-order valence-electron chi connectivity index (χ1n) is 7.39. The smallest absolute Gasteiger partial charge is 0.327 e. The first kappa shape index (κ1) is 18.9. The van der Waals surface area contributed by atoms with Crippen LogP contribution in [0.25, 0.3) is 0 Å². The number of ether oxygens (including phenoxy) is 1. The van der Waals surface area contributed by atoms with Crippen molar-refractivity contribution in [1.29, 1.82) is 0 Å². The number of carbonyl (C=O) groups is 1. The molecule has 1 unspecified atom stereocenters. The van der Waals surface area contributed by atoms with Gasteiger partial charge < -0.3 is 10.1 Å². The van der Waals surface area contributed by atoms with Crippen LogP contribution in [0.15, 0.2) is 24.3 Å². The number of hydrogen-bond donors (Lipinski definition) is 1. The van der Waals surface area contributed by atoms with Crippen LogP contribution in [-0.2, 0) is 9.53 Å². The van der Waals surface area contributed by atoms with E-state index in [9.17, 15) is 9.18 Å². The molecular weight excluding hydrogens is 307 g/mol. The second-order valence-corrected chi connectivity index (χ2v) is 5.55. The Morgan fingerprint density at radius 2 is 2.09 bits per heavy atom. The minimum atomic E-state index is -0.481. The average Bonchev–Trinajstić information content (AvgIpc) is 2.49. The zero-order valence-corrected chi connectivity index (χ0v) is 14.0. The fourth-order valence-corrected chi connectivity index (χ4v) is 2.90. The molecule has 1 aromatic rings. The molecule has 1 aliphatic rings. The Morgan fingerprint density at radius 3 is 2.64 bits per heavy atom. The van der Waals surface area contributed by atoms with Gasteiger partial charge in [0.2, 0.25) is 0 Å². The van der Waals surface area contributed by atoms with Crippen molar-refractivity contribution in [2.24, 2.45) is 0 Å². The maximum atomic E-state index is 13.1. The lowest BCUT2D eigenvalue weighted by atomic mass is 9.99. The van der Waals surface area contributed by atoms with E-state index in [2.05, 4.69) is 24.1 Å². The fraction of sp³-hybridized carbons (Fsp3) is 0.562. The summed E-state index contributed by atoms with van der Waals surface area (Å²) in [6.45, 7) is 5.80. The molecule has 3 atom stereocenters. The van der Waals surface area contributed by atoms with Crippen LogP contribution in [0.1, 0.15) is 31.9 Å². The largest absolute Gasteiger partial charge is 0.468 e. The molecule has 1 aliphatic heterocycles. The minimum absolute atomic E-state index is 0. The lowest BCUT2D eigenvalue weighted by molar-refractivity contribution is -0.149. The summed E-state index contributed by atoms with van der Waals surface area (Å²) in [4.78, 5) is 14.5. The Balaban J connectivity index is 0.00000242. The highest BCUT2D eigenvalue weighted by molar-refractivity contribution is 5.85. The maximum Gasteiger partial charge on any atom is 0.327 e. The van der Waals surface area contributed by atoms with Crippen LogP contribution in [0.3, 0.4) is 0 Å². The van der Waals surface area contributed by atoms with Crippen LogP contribution in [-0.4, -0.2) is 43.2 Å². The molecule has 0 spiro atoms. The first-order valence-corrected chi connectivity index (χ1v) is 7.39. The highest BCUT2D eigenvalue weighted by atomic mass is 35.5. The highest BCUT2D eigenvalue weighted by Crippen LogP contribution is 2.27. The van der Waals surface area contributed by atoms with E-state index in [4.69, 9.17) is 4.74 Å². The lowest BCUT2D eigenvalue weighted by Gasteiger charge is -2.42. The summed E-state index contributed by atoms with van der Waals surface area (Å²) in [5.41, 5.74) is 0.774. The molecular formula is C16H24ClFN2O2. The van der Waals surface area contributed by atoms with Gasteiger partial charge >= 0.3 is 5.97 Å². The van der Waals surface area contributed by atoms with Crippen molar-refractivity contribution in [3.63, 3.8) is 0 Å². The Hall–Kier alpha value is -1.17. The number of halogens is 2. The molecule has 0 aliphatic carbocycles. The number of rotatable bonds is 4. The molecule has 0 radical (unpaired) electrons. The third kappa shape index (κ3) is 4.18. The maximum absolute atomic E-state index is 13.1. The zero-order chi connectivity index (χ0) is 15.4. The summed E-state index contributed by atoms with van der Waals surface area (Å²) in [6.07, 6.45) is 0.939. The Labute approximate surface area is 137 Å². The minimum Gasteiger partial charge on any atom is -0.468 e. The molecule has 1 aromatic carbocycles. The van der Waals surface area contributed by atoms with Crippen molar-refractivity contribution in [2.75, 3.05) is 20.2 Å². The third-order valence-corrected chi connectivity index (χ3v) is 4.07. The summed E-state index contributed by atoms with van der Waals surface area (Å²) < 4.78 is 18.1. The van der Waals surface area contributed by atoms with E-state index in [1.54, 1.807) is 12.1 Å². The molecule has 0 saturated carbocycles. The second kappa shape index (κ2) is 8.46. The molecule has 1 heterocycles. The number of hydrogen-bond acceptors (Lipinski definition) is 4. The van der Waals surface area contributed by atoms with Crippen molar-refractivity contribution in [2.45, 2.75) is 38.4 Å². The van der Waals surface area contributed by atoms with Crippen molar-refractivity contribution in [1.82, 2.24) is 10.2 Å². The van der Waals surface area contributed by atoms with Crippen LogP contribution in [0, 0.1) is 5.82 Å². The second-order valence-electron chi connectivity index (χ2n) is 5.55. The van der Waals surface area contributed by atoms with Gasteiger partial charge in [-0.05, 0) is 31.0 Å². The summed E-state index contributed by atoms with van der Waals surface area (Å²) >= 11 is 0. The van der Waals surface area contributed by atoms with E-state index in [0.29, 0.717) is 6.04 Å². The van der Waals surface area contributed by atoms with E-state index in [-0.39, 0.29) is 30.2 Å². The van der Waals surface area contributed by atoms with E-state index in [0.717, 1.165) is 25.1 Å². The van der Waals surface area contributed by atoms with Gasteiger partial charge in [-0.15, -0.1) is 12.4 Å². The highest BCUT2D eigenvalue weighted by Gasteiger charge is 2.36. The molecule has 124 valence electrons. The Morgan fingerprint density at radius 1 is 1.45 bits per heavy atom. The SMILES string of the molecule is CC[C@@H]1CN[C@@H](C)CN1C(C(=O)OC)c1ccc(F)cc1.Cl. The van der Waals surface area contributed by atoms with E-state index in [1.165, 1.54) is 19.2 Å². The Bertz CT molecular complexity index is 484. The number of nitrogens with one attached hydrogen (secondary N) is 1. The fourth-order valence-electron chi connectivity index (χ4n) is 2.90. The van der Waals surface area contributed by atoms with Gasteiger partial charge in [0.05, 0.1) is 7.11 Å². The van der Waals surface area contributed by atoms with Gasteiger partial charge in [-0.2, -0.15) is 0 Å². The molecule has 2 rings (SSSR count). The van der Waals surface area contributed by atoms with Gasteiger partial charge in [0, 0.05) is 25.2 Å². The van der Waals surface area contributed by atoms with Gasteiger partial charge in [0.1, 0.15) is 11.9 Å². The topological polar surface area (TPSA) is 41.6 Å². The number of esters is 1. The first-order chi connectivity index (χ1) is 10.1. The quantitative estimate of drug-likeness (QED) is 0.861. The van der Waals surface area contributed by atoms with Crippen LogP contribution < -0.4 is 5.32 Å². The summed E-state index contributed by atoms with van der Waals surface area (Å²) in [5, 5.41) is 3.43. The summed E-state index contributed by atoms with van der Waals surface area (Å²) in [6, 6.07) is 6.18. The van der Waals surface area contributed by atoms with Gasteiger partial charge in [-0.1, -0.05) is 19.1 Å². The van der Waals surface area contributed by atoms with E-state index >= 15 is 0 Å². The van der Waals surface area contributed by atoms with Crippen LogP contribution in [0.5, 0.6) is 0 Å². The van der Waals surface area contributed by atoms with Crippen molar-refractivity contribution < 1.29 is 13.9 Å². The molecule has 4 nitrogen and oxygen atoms in total. The van der Waals surface area contributed by atoms with E-state index < -0.39 is 6.04 Å². The molecule has 0 bridgehead atoms. The predicted octanol–water partition coefficient (Wildman–Crippen LogP) is 2.53. The predicted molar refractivity (Wildman–Crippen MR) is 86.7 cm³/mol. The molecule has 0 aromatic heterocycles. The Kier molecular flexibility index (Phi) is 7.26. The molecule has 1 N–H and O–H groups in total. The van der Waals surface area contributed by atoms with Crippen LogP contribution in [0.4, 0.5) is 4.39 Å². The molecule has 1 saturated heterocycles. The number of piperazine rings is 1. The lowest BCUT2D eigenvalue weighted by Crippen LogP contribution is -2.57. The van der Waals surface area contributed by atoms with Crippen molar-refractivity contribution in [3.8, 4) is 0 Å². The molecule has 0 amide bonds. The monoisotopic (exact) mass is 330 g/mol. The van der Waals surface area contributed by atoms with Crippen molar-refractivity contribution in [3.05, 3.63) is 35.6 Å². The van der Waals surface area contributed by atoms with E-state index in [1.807, 2.05) is 0 Å². The summed E-state index contributed by atoms with van der Waals surface area (Å²) in [7, 11) is 1.39. The zero-order valence-electron chi connectivity index (χ0n) is 13.2. The van der Waals surface area contributed by atoms with Gasteiger partial charge in [0.15, 0.2) is 0 Å². The van der Waals surface area contributed by atoms with Crippen molar-refractivity contribution >= 4 is 18.4 Å². The number of nitrogens with zero attached hydrogens (tertiary/aromatic N) is 1.